The minimum atomic E-state index is -1.17. The summed E-state index contributed by atoms with van der Waals surface area (Å²) in [6, 6.07) is 17.7. The van der Waals surface area contributed by atoms with Gasteiger partial charge >= 0.3 is 11.9 Å². The van der Waals surface area contributed by atoms with Crippen molar-refractivity contribution in [1.29, 1.82) is 0 Å². The normalized spacial score (nSPS) is 15.5. The third-order valence-corrected chi connectivity index (χ3v) is 8.31. The van der Waals surface area contributed by atoms with Gasteiger partial charge in [0, 0.05) is 5.56 Å². The molecular formula is C35H32N2O8S. The van der Waals surface area contributed by atoms with Gasteiger partial charge in [0.05, 0.1) is 23.9 Å². The zero-order valence-corrected chi connectivity index (χ0v) is 26.3. The van der Waals surface area contributed by atoms with Gasteiger partial charge < -0.3 is 24.4 Å². The molecule has 1 aliphatic rings. The highest BCUT2D eigenvalue weighted by Gasteiger charge is 2.48. The highest BCUT2D eigenvalue weighted by molar-refractivity contribution is 7.17. The molecule has 236 valence electrons. The van der Waals surface area contributed by atoms with Gasteiger partial charge in [0.15, 0.2) is 16.6 Å². The zero-order valence-electron chi connectivity index (χ0n) is 25.5. The summed E-state index contributed by atoms with van der Waals surface area (Å²) in [5.41, 5.74) is 2.86. The number of esters is 1. The van der Waals surface area contributed by atoms with Crippen LogP contribution in [0.5, 0.6) is 17.2 Å². The molecule has 5 rings (SSSR count). The Kier molecular flexibility index (Phi) is 9.53. The summed E-state index contributed by atoms with van der Waals surface area (Å²) >= 11 is 0.885. The molecule has 46 heavy (non-hydrogen) atoms. The van der Waals surface area contributed by atoms with Crippen LogP contribution in [0.2, 0.25) is 0 Å². The van der Waals surface area contributed by atoms with Crippen molar-refractivity contribution in [1.82, 2.24) is 4.98 Å². The first-order valence-electron chi connectivity index (χ1n) is 14.4. The molecule has 0 radical (unpaired) electrons. The molecule has 1 amide bonds. The maximum atomic E-state index is 13.6. The molecule has 0 bridgehead atoms. The molecule has 4 aromatic rings. The SMILES string of the molecule is C=CCOC(=O)c1sc(N2C(=O)C(=O)C(=C(O)c3ccc(OCc4cccc(C)c4)cc3)C2c2ccc(O)c(OCC)c2)nc1C. The van der Waals surface area contributed by atoms with E-state index in [1.807, 2.05) is 31.2 Å². The average Bonchev–Trinajstić information content (AvgIpc) is 3.56. The Morgan fingerprint density at radius 2 is 1.83 bits per heavy atom. The number of rotatable bonds is 11. The van der Waals surface area contributed by atoms with Gasteiger partial charge in [-0.25, -0.2) is 9.78 Å². The molecule has 1 unspecified atom stereocenters. The number of aromatic hydroxyl groups is 1. The van der Waals surface area contributed by atoms with E-state index in [2.05, 4.69) is 11.6 Å². The van der Waals surface area contributed by atoms with Crippen LogP contribution in [0, 0.1) is 13.8 Å². The molecule has 2 N–H and O–H groups in total. The number of hydrogen-bond donors (Lipinski definition) is 2. The first-order chi connectivity index (χ1) is 22.1. The van der Waals surface area contributed by atoms with Crippen LogP contribution < -0.4 is 14.4 Å². The molecule has 1 saturated heterocycles. The minimum absolute atomic E-state index is 0.0144. The maximum absolute atomic E-state index is 13.6. The summed E-state index contributed by atoms with van der Waals surface area (Å²) in [6.07, 6.45) is 1.43. The number of phenols is 1. The average molecular weight is 641 g/mol. The molecule has 0 spiro atoms. The number of carbonyl (C=O) groups excluding carboxylic acids is 3. The summed E-state index contributed by atoms with van der Waals surface area (Å²) in [5.74, 6) is -2.43. The number of ketones is 1. The second kappa shape index (κ2) is 13.7. The standard InChI is InChI=1S/C35H32N2O8S/c1-5-16-44-34(42)32-21(4)36-35(46-32)37-29(24-12-15-26(38)27(18-24)43-6-2)28(31(40)33(37)41)30(39)23-10-13-25(14-11-23)45-19-22-9-7-8-20(3)17-22/h5,7-15,17-18,29,38-39H,1,6,16,19H2,2-4H3. The lowest BCUT2D eigenvalue weighted by atomic mass is 9.95. The third-order valence-electron chi connectivity index (χ3n) is 7.17. The minimum Gasteiger partial charge on any atom is -0.507 e. The summed E-state index contributed by atoms with van der Waals surface area (Å²) < 4.78 is 16.6. The second-order valence-corrected chi connectivity index (χ2v) is 11.4. The zero-order chi connectivity index (χ0) is 33.0. The molecular weight excluding hydrogens is 608 g/mol. The lowest BCUT2D eigenvalue weighted by Crippen LogP contribution is -2.29. The van der Waals surface area contributed by atoms with Crippen molar-refractivity contribution in [2.24, 2.45) is 0 Å². The summed E-state index contributed by atoms with van der Waals surface area (Å²) in [6.45, 7) is 9.46. The lowest BCUT2D eigenvalue weighted by molar-refractivity contribution is -0.132. The van der Waals surface area contributed by atoms with E-state index in [1.54, 1.807) is 38.1 Å². The quantitative estimate of drug-likeness (QED) is 0.0627. The fourth-order valence-corrected chi connectivity index (χ4v) is 6.01. The number of nitrogens with zero attached hydrogens (tertiary/aromatic N) is 2. The van der Waals surface area contributed by atoms with Crippen LogP contribution in [0.3, 0.4) is 0 Å². The van der Waals surface area contributed by atoms with Gasteiger partial charge in [0.25, 0.3) is 5.78 Å². The predicted molar refractivity (Wildman–Crippen MR) is 173 cm³/mol. The van der Waals surface area contributed by atoms with Crippen LogP contribution in [0.15, 0.2) is 85.0 Å². The molecule has 3 aromatic carbocycles. The molecule has 11 heteroatoms. The number of ether oxygens (including phenoxy) is 3. The van der Waals surface area contributed by atoms with Crippen LogP contribution in [-0.2, 0) is 20.9 Å². The van der Waals surface area contributed by atoms with E-state index in [4.69, 9.17) is 14.2 Å². The van der Waals surface area contributed by atoms with E-state index in [-0.39, 0.29) is 45.9 Å². The van der Waals surface area contributed by atoms with E-state index >= 15 is 0 Å². The molecule has 1 aliphatic heterocycles. The van der Waals surface area contributed by atoms with E-state index in [0.29, 0.717) is 23.6 Å². The van der Waals surface area contributed by atoms with E-state index in [1.165, 1.54) is 24.3 Å². The highest BCUT2D eigenvalue weighted by atomic mass is 32.1. The largest absolute Gasteiger partial charge is 0.507 e. The second-order valence-electron chi connectivity index (χ2n) is 10.4. The van der Waals surface area contributed by atoms with E-state index in [9.17, 15) is 24.6 Å². The van der Waals surface area contributed by atoms with Gasteiger partial charge in [-0.1, -0.05) is 59.9 Å². The van der Waals surface area contributed by atoms with E-state index < -0.39 is 29.5 Å². The van der Waals surface area contributed by atoms with Gasteiger partial charge in [0.1, 0.15) is 29.6 Å². The third kappa shape index (κ3) is 6.50. The number of aliphatic hydroxyl groups is 1. The van der Waals surface area contributed by atoms with Crippen molar-refractivity contribution >= 4 is 39.9 Å². The van der Waals surface area contributed by atoms with Gasteiger partial charge in [-0.15, -0.1) is 0 Å². The lowest BCUT2D eigenvalue weighted by Gasteiger charge is -2.23. The Hall–Kier alpha value is -5.42. The van der Waals surface area contributed by atoms with E-state index in [0.717, 1.165) is 27.4 Å². The number of aliphatic hydroxyl groups excluding tert-OH is 1. The van der Waals surface area contributed by atoms with Crippen molar-refractivity contribution in [2.75, 3.05) is 18.1 Å². The topological polar surface area (TPSA) is 135 Å². The van der Waals surface area contributed by atoms with Gasteiger partial charge in [-0.05, 0) is 68.3 Å². The van der Waals surface area contributed by atoms with Gasteiger partial charge in [-0.3, -0.25) is 14.5 Å². The number of amides is 1. The fourth-order valence-electron chi connectivity index (χ4n) is 5.03. The van der Waals surface area contributed by atoms with Crippen LogP contribution in [0.4, 0.5) is 5.13 Å². The summed E-state index contributed by atoms with van der Waals surface area (Å²) in [5, 5.41) is 22.0. The van der Waals surface area contributed by atoms with Crippen molar-refractivity contribution in [3.8, 4) is 17.2 Å². The smallest absolute Gasteiger partial charge is 0.350 e. The van der Waals surface area contributed by atoms with Gasteiger partial charge in [0.2, 0.25) is 0 Å². The van der Waals surface area contributed by atoms with Crippen molar-refractivity contribution in [3.05, 3.63) is 118 Å². The maximum Gasteiger partial charge on any atom is 0.350 e. The Labute approximate surface area is 269 Å². The fraction of sp³-hybridized carbons (Fsp3) is 0.200. The van der Waals surface area contributed by atoms with Crippen LogP contribution >= 0.6 is 11.3 Å². The number of phenolic OH excluding ortho intramolecular Hbond substituents is 1. The Morgan fingerprint density at radius 3 is 2.52 bits per heavy atom. The molecule has 10 nitrogen and oxygen atoms in total. The van der Waals surface area contributed by atoms with Crippen molar-refractivity contribution in [3.63, 3.8) is 0 Å². The number of hydrogen-bond acceptors (Lipinski definition) is 10. The Morgan fingerprint density at radius 1 is 1.07 bits per heavy atom. The van der Waals surface area contributed by atoms with Crippen LogP contribution in [0.1, 0.15) is 50.6 Å². The first kappa shape index (κ1) is 32.0. The molecule has 1 aromatic heterocycles. The number of carbonyl (C=O) groups is 3. The molecule has 0 saturated carbocycles. The number of aryl methyl sites for hydroxylation is 2. The number of anilines is 1. The Balaban J connectivity index is 1.56. The molecule has 0 aliphatic carbocycles. The number of Topliss-reactive ketones (excluding diaryl/α,β-unsaturated/α-hetero) is 1. The highest BCUT2D eigenvalue weighted by Crippen LogP contribution is 2.45. The van der Waals surface area contributed by atoms with Crippen LogP contribution in [-0.4, -0.2) is 46.1 Å². The number of thiazole rings is 1. The Bertz CT molecular complexity index is 1840. The van der Waals surface area contributed by atoms with Crippen LogP contribution in [0.25, 0.3) is 5.76 Å². The number of aromatic nitrogens is 1. The summed E-state index contributed by atoms with van der Waals surface area (Å²) in [4.78, 5) is 45.7. The van der Waals surface area contributed by atoms with Crippen molar-refractivity contribution in [2.45, 2.75) is 33.4 Å². The van der Waals surface area contributed by atoms with Gasteiger partial charge in [-0.2, -0.15) is 0 Å². The first-order valence-corrected chi connectivity index (χ1v) is 15.3. The predicted octanol–water partition coefficient (Wildman–Crippen LogP) is 6.41. The summed E-state index contributed by atoms with van der Waals surface area (Å²) in [7, 11) is 0. The molecule has 2 heterocycles. The number of benzene rings is 3. The monoisotopic (exact) mass is 640 g/mol. The van der Waals surface area contributed by atoms with Crippen molar-refractivity contribution < 1.29 is 38.8 Å². The molecule has 1 fully saturated rings. The molecule has 1 atom stereocenters.